The first-order valence-corrected chi connectivity index (χ1v) is 6.21. The summed E-state index contributed by atoms with van der Waals surface area (Å²) < 4.78 is 5.70. The largest absolute Gasteiger partial charge is 0.489 e. The molecule has 2 aromatic rings. The zero-order valence-electron chi connectivity index (χ0n) is 10.9. The Balaban J connectivity index is 1.92. The molecule has 0 atom stereocenters. The van der Waals surface area contributed by atoms with Crippen LogP contribution in [0.4, 0.5) is 0 Å². The van der Waals surface area contributed by atoms with Crippen LogP contribution in [0.15, 0.2) is 59.8 Å². The highest BCUT2D eigenvalue weighted by molar-refractivity contribution is 5.83. The second-order valence-corrected chi connectivity index (χ2v) is 4.43. The van der Waals surface area contributed by atoms with Crippen molar-refractivity contribution < 1.29 is 9.94 Å². The normalized spacial score (nSPS) is 11.3. The van der Waals surface area contributed by atoms with Crippen molar-refractivity contribution in [1.29, 1.82) is 0 Å². The number of ether oxygens (including phenoxy) is 1. The topological polar surface area (TPSA) is 41.8 Å². The van der Waals surface area contributed by atoms with Crippen LogP contribution >= 0.6 is 0 Å². The fourth-order valence-corrected chi connectivity index (χ4v) is 1.78. The average Bonchev–Trinajstić information content (AvgIpc) is 2.47. The Morgan fingerprint density at radius 1 is 1.00 bits per heavy atom. The van der Waals surface area contributed by atoms with Crippen LogP contribution < -0.4 is 4.74 Å². The maximum Gasteiger partial charge on any atom is 0.119 e. The molecule has 3 heteroatoms. The van der Waals surface area contributed by atoms with E-state index < -0.39 is 0 Å². The van der Waals surface area contributed by atoms with Crippen LogP contribution in [0, 0.1) is 0 Å². The van der Waals surface area contributed by atoms with Gasteiger partial charge >= 0.3 is 0 Å². The summed E-state index contributed by atoms with van der Waals surface area (Å²) >= 11 is 0. The van der Waals surface area contributed by atoms with Crippen LogP contribution in [0.25, 0.3) is 0 Å². The highest BCUT2D eigenvalue weighted by atomic mass is 16.5. The van der Waals surface area contributed by atoms with Gasteiger partial charge in [0, 0.05) is 6.42 Å². The van der Waals surface area contributed by atoms with E-state index in [-0.39, 0.29) is 0 Å². The van der Waals surface area contributed by atoms with E-state index in [9.17, 15) is 0 Å². The van der Waals surface area contributed by atoms with E-state index in [1.807, 2.05) is 54.6 Å². The molecule has 19 heavy (non-hydrogen) atoms. The number of oxime groups is 1. The van der Waals surface area contributed by atoms with Crippen molar-refractivity contribution >= 4 is 5.71 Å². The summed E-state index contributed by atoms with van der Waals surface area (Å²) in [5, 5.41) is 11.8. The van der Waals surface area contributed by atoms with E-state index in [4.69, 9.17) is 9.94 Å². The summed E-state index contributed by atoms with van der Waals surface area (Å²) in [5.74, 6) is 0.839. The Labute approximate surface area is 113 Å². The van der Waals surface area contributed by atoms with Gasteiger partial charge in [0.2, 0.25) is 0 Å². The standard InChI is InChI=1S/C16H17NO2/c1-13(17-18)11-14-7-9-16(10-8-14)19-12-15-5-3-2-4-6-15/h2-10,18H,11-12H2,1H3/b17-13-. The number of hydrogen-bond donors (Lipinski definition) is 1. The molecule has 0 aliphatic carbocycles. The number of hydrogen-bond acceptors (Lipinski definition) is 3. The van der Waals surface area contributed by atoms with E-state index in [2.05, 4.69) is 5.16 Å². The number of rotatable bonds is 5. The smallest absolute Gasteiger partial charge is 0.119 e. The van der Waals surface area contributed by atoms with Crippen molar-refractivity contribution in [2.75, 3.05) is 0 Å². The van der Waals surface area contributed by atoms with Crippen LogP contribution in [-0.2, 0) is 13.0 Å². The van der Waals surface area contributed by atoms with Gasteiger partial charge in [0.1, 0.15) is 12.4 Å². The molecule has 2 rings (SSSR count). The summed E-state index contributed by atoms with van der Waals surface area (Å²) in [6.07, 6.45) is 0.648. The van der Waals surface area contributed by atoms with Gasteiger partial charge in [-0.15, -0.1) is 0 Å². The molecule has 0 aliphatic rings. The predicted octanol–water partition coefficient (Wildman–Crippen LogP) is 3.66. The molecule has 3 nitrogen and oxygen atoms in total. The summed E-state index contributed by atoms with van der Waals surface area (Å²) in [6.45, 7) is 2.36. The Kier molecular flexibility index (Phi) is 4.56. The van der Waals surface area contributed by atoms with Gasteiger partial charge in [-0.2, -0.15) is 0 Å². The minimum atomic E-state index is 0.567. The minimum Gasteiger partial charge on any atom is -0.489 e. The summed E-state index contributed by atoms with van der Waals surface area (Å²) in [5.41, 5.74) is 2.94. The Morgan fingerprint density at radius 3 is 2.32 bits per heavy atom. The molecular formula is C16H17NO2. The average molecular weight is 255 g/mol. The molecule has 0 saturated carbocycles. The van der Waals surface area contributed by atoms with E-state index in [0.717, 1.165) is 16.9 Å². The van der Waals surface area contributed by atoms with Crippen molar-refractivity contribution in [3.05, 3.63) is 65.7 Å². The van der Waals surface area contributed by atoms with Crippen LogP contribution in [-0.4, -0.2) is 10.9 Å². The molecule has 1 N–H and O–H groups in total. The van der Waals surface area contributed by atoms with Gasteiger partial charge in [-0.1, -0.05) is 47.6 Å². The minimum absolute atomic E-state index is 0.567. The predicted molar refractivity (Wildman–Crippen MR) is 75.8 cm³/mol. The summed E-state index contributed by atoms with van der Waals surface area (Å²) in [4.78, 5) is 0. The SMILES string of the molecule is C/C(Cc1ccc(OCc2ccccc2)cc1)=N/O. The maximum atomic E-state index is 8.62. The van der Waals surface area contributed by atoms with Crippen molar-refractivity contribution in [2.24, 2.45) is 5.16 Å². The number of benzene rings is 2. The van der Waals surface area contributed by atoms with E-state index in [0.29, 0.717) is 18.7 Å². The fraction of sp³-hybridized carbons (Fsp3) is 0.188. The van der Waals surface area contributed by atoms with E-state index in [1.165, 1.54) is 0 Å². The highest BCUT2D eigenvalue weighted by Crippen LogP contribution is 2.14. The third-order valence-corrected chi connectivity index (χ3v) is 2.80. The second-order valence-electron chi connectivity index (χ2n) is 4.43. The number of nitrogens with zero attached hydrogens (tertiary/aromatic N) is 1. The first-order chi connectivity index (χ1) is 9.28. The zero-order valence-corrected chi connectivity index (χ0v) is 10.9. The lowest BCUT2D eigenvalue weighted by Gasteiger charge is -2.07. The van der Waals surface area contributed by atoms with Gasteiger partial charge in [0.05, 0.1) is 5.71 Å². The van der Waals surface area contributed by atoms with Crippen molar-refractivity contribution in [3.8, 4) is 5.75 Å². The second kappa shape index (κ2) is 6.59. The molecule has 0 bridgehead atoms. The molecule has 0 heterocycles. The van der Waals surface area contributed by atoms with Gasteiger partial charge in [0.25, 0.3) is 0 Å². The Hall–Kier alpha value is -2.29. The van der Waals surface area contributed by atoms with Crippen LogP contribution in [0.1, 0.15) is 18.1 Å². The lowest BCUT2D eigenvalue weighted by atomic mass is 10.1. The van der Waals surface area contributed by atoms with Crippen LogP contribution in [0.2, 0.25) is 0 Å². The first-order valence-electron chi connectivity index (χ1n) is 6.21. The molecule has 98 valence electrons. The molecule has 0 aliphatic heterocycles. The molecule has 0 unspecified atom stereocenters. The quantitative estimate of drug-likeness (QED) is 0.503. The van der Waals surface area contributed by atoms with Crippen molar-refractivity contribution in [3.63, 3.8) is 0 Å². The molecular weight excluding hydrogens is 238 g/mol. The Morgan fingerprint density at radius 2 is 1.68 bits per heavy atom. The third-order valence-electron chi connectivity index (χ3n) is 2.80. The molecule has 0 spiro atoms. The maximum absolute atomic E-state index is 8.62. The Bertz CT molecular complexity index is 532. The van der Waals surface area contributed by atoms with Gasteiger partial charge in [-0.25, -0.2) is 0 Å². The van der Waals surface area contributed by atoms with Gasteiger partial charge < -0.3 is 9.94 Å². The third kappa shape index (κ3) is 4.14. The van der Waals surface area contributed by atoms with Gasteiger partial charge in [0.15, 0.2) is 0 Å². The molecule has 0 saturated heterocycles. The lowest BCUT2D eigenvalue weighted by molar-refractivity contribution is 0.306. The molecule has 0 amide bonds. The first kappa shape index (κ1) is 13.1. The molecule has 0 aromatic heterocycles. The van der Waals surface area contributed by atoms with E-state index in [1.54, 1.807) is 6.92 Å². The highest BCUT2D eigenvalue weighted by Gasteiger charge is 1.99. The molecule has 2 aromatic carbocycles. The summed E-state index contributed by atoms with van der Waals surface area (Å²) in [7, 11) is 0. The van der Waals surface area contributed by atoms with Gasteiger partial charge in [-0.3, -0.25) is 0 Å². The van der Waals surface area contributed by atoms with Crippen LogP contribution in [0.3, 0.4) is 0 Å². The molecule has 0 radical (unpaired) electrons. The lowest BCUT2D eigenvalue weighted by Crippen LogP contribution is -1.98. The molecule has 0 fully saturated rings. The monoisotopic (exact) mass is 255 g/mol. The van der Waals surface area contributed by atoms with Crippen molar-refractivity contribution in [2.45, 2.75) is 20.0 Å². The fourth-order valence-electron chi connectivity index (χ4n) is 1.78. The summed E-state index contributed by atoms with van der Waals surface area (Å²) in [6, 6.07) is 17.9. The van der Waals surface area contributed by atoms with Crippen molar-refractivity contribution in [1.82, 2.24) is 0 Å². The van der Waals surface area contributed by atoms with Crippen LogP contribution in [0.5, 0.6) is 5.75 Å². The van der Waals surface area contributed by atoms with Gasteiger partial charge in [-0.05, 0) is 30.2 Å². The van der Waals surface area contributed by atoms with E-state index >= 15 is 0 Å². The zero-order chi connectivity index (χ0) is 13.5.